The second-order valence-corrected chi connectivity index (χ2v) is 6.02. The molecule has 21 heavy (non-hydrogen) atoms. The van der Waals surface area contributed by atoms with E-state index in [0.29, 0.717) is 12.3 Å². The molecule has 1 atom stereocenters. The molecule has 1 unspecified atom stereocenters. The van der Waals surface area contributed by atoms with Gasteiger partial charge in [-0.3, -0.25) is 9.78 Å². The fourth-order valence-electron chi connectivity index (χ4n) is 2.97. The van der Waals surface area contributed by atoms with Crippen molar-refractivity contribution in [2.75, 3.05) is 18.8 Å². The molecule has 1 aliphatic rings. The Morgan fingerprint density at radius 3 is 3.05 bits per heavy atom. The van der Waals surface area contributed by atoms with Gasteiger partial charge in [0, 0.05) is 24.2 Å². The maximum absolute atomic E-state index is 12.4. The van der Waals surface area contributed by atoms with Crippen molar-refractivity contribution in [1.82, 2.24) is 9.88 Å². The van der Waals surface area contributed by atoms with Crippen molar-refractivity contribution in [2.24, 2.45) is 5.92 Å². The van der Waals surface area contributed by atoms with Gasteiger partial charge in [0.25, 0.3) is 0 Å². The number of rotatable bonds is 2. The molecule has 4 nitrogen and oxygen atoms in total. The number of carbonyl (C=O) groups is 1. The predicted octanol–water partition coefficient (Wildman–Crippen LogP) is 2.62. The Morgan fingerprint density at radius 1 is 1.38 bits per heavy atom. The number of fused-ring (bicyclic) bond motifs is 1. The average Bonchev–Trinajstić information content (AvgIpc) is 2.47. The molecule has 2 N–H and O–H groups in total. The molecule has 1 amide bonds. The van der Waals surface area contributed by atoms with Gasteiger partial charge in [0.05, 0.1) is 17.6 Å². The van der Waals surface area contributed by atoms with Crippen molar-refractivity contribution < 1.29 is 4.79 Å². The van der Waals surface area contributed by atoms with Crippen LogP contribution in [0.5, 0.6) is 0 Å². The normalized spacial score (nSPS) is 18.9. The summed E-state index contributed by atoms with van der Waals surface area (Å²) in [6.07, 6.45) is 2.71. The van der Waals surface area contributed by atoms with Crippen molar-refractivity contribution >= 4 is 22.5 Å². The number of anilines is 1. The molecule has 0 aliphatic carbocycles. The van der Waals surface area contributed by atoms with E-state index in [9.17, 15) is 4.79 Å². The number of amides is 1. The number of nitrogens with zero attached hydrogens (tertiary/aromatic N) is 2. The first-order valence-electron chi connectivity index (χ1n) is 7.55. The van der Waals surface area contributed by atoms with Crippen LogP contribution in [0.25, 0.3) is 10.9 Å². The van der Waals surface area contributed by atoms with Gasteiger partial charge in [-0.05, 0) is 43.0 Å². The Kier molecular flexibility index (Phi) is 3.78. The Balaban J connectivity index is 1.75. The van der Waals surface area contributed by atoms with E-state index in [1.165, 1.54) is 6.42 Å². The summed E-state index contributed by atoms with van der Waals surface area (Å²) >= 11 is 0. The molecule has 0 bridgehead atoms. The molecule has 2 heterocycles. The summed E-state index contributed by atoms with van der Waals surface area (Å²) in [4.78, 5) is 18.9. The summed E-state index contributed by atoms with van der Waals surface area (Å²) in [5, 5.41) is 1.01. The monoisotopic (exact) mass is 283 g/mol. The third-order valence-electron chi connectivity index (χ3n) is 4.11. The van der Waals surface area contributed by atoms with Crippen LogP contribution < -0.4 is 5.73 Å². The molecule has 1 fully saturated rings. The van der Waals surface area contributed by atoms with Crippen molar-refractivity contribution in [3.05, 3.63) is 36.0 Å². The molecule has 110 valence electrons. The van der Waals surface area contributed by atoms with Crippen LogP contribution in [-0.2, 0) is 11.2 Å². The highest BCUT2D eigenvalue weighted by atomic mass is 16.2. The van der Waals surface area contributed by atoms with E-state index in [4.69, 9.17) is 5.73 Å². The zero-order chi connectivity index (χ0) is 14.8. The smallest absolute Gasteiger partial charge is 0.228 e. The lowest BCUT2D eigenvalue weighted by Gasteiger charge is -2.30. The molecule has 0 saturated carbocycles. The number of likely N-dealkylation sites (tertiary alicyclic amines) is 1. The van der Waals surface area contributed by atoms with Crippen LogP contribution in [0.1, 0.15) is 25.5 Å². The highest BCUT2D eigenvalue weighted by Crippen LogP contribution is 2.18. The Bertz CT molecular complexity index is 668. The molecule has 3 rings (SSSR count). The summed E-state index contributed by atoms with van der Waals surface area (Å²) in [6, 6.07) is 9.56. The van der Waals surface area contributed by atoms with Gasteiger partial charge in [0.15, 0.2) is 0 Å². The Labute approximate surface area is 125 Å². The van der Waals surface area contributed by atoms with Crippen LogP contribution in [-0.4, -0.2) is 28.9 Å². The minimum atomic E-state index is 0.184. The molecule has 0 spiro atoms. The van der Waals surface area contributed by atoms with Gasteiger partial charge in [-0.15, -0.1) is 0 Å². The second kappa shape index (κ2) is 5.72. The fraction of sp³-hybridized carbons (Fsp3) is 0.412. The number of aromatic nitrogens is 1. The van der Waals surface area contributed by atoms with E-state index in [0.717, 1.165) is 41.8 Å². The number of hydrogen-bond acceptors (Lipinski definition) is 3. The van der Waals surface area contributed by atoms with Crippen LogP contribution in [0, 0.1) is 5.92 Å². The highest BCUT2D eigenvalue weighted by Gasteiger charge is 2.21. The number of nitrogens with two attached hydrogens (primary N) is 1. The lowest BCUT2D eigenvalue weighted by molar-refractivity contribution is -0.132. The third kappa shape index (κ3) is 3.15. The maximum atomic E-state index is 12.4. The number of piperidine rings is 1. The van der Waals surface area contributed by atoms with Crippen LogP contribution in [0.4, 0.5) is 5.69 Å². The van der Waals surface area contributed by atoms with Crippen molar-refractivity contribution in [1.29, 1.82) is 0 Å². The maximum Gasteiger partial charge on any atom is 0.228 e. The van der Waals surface area contributed by atoms with E-state index in [-0.39, 0.29) is 5.91 Å². The molecule has 2 aromatic rings. The van der Waals surface area contributed by atoms with Crippen LogP contribution in [0.2, 0.25) is 0 Å². The predicted molar refractivity (Wildman–Crippen MR) is 84.8 cm³/mol. The largest absolute Gasteiger partial charge is 0.399 e. The van der Waals surface area contributed by atoms with Gasteiger partial charge in [-0.25, -0.2) is 0 Å². The molecule has 4 heteroatoms. The number of hydrogen-bond donors (Lipinski definition) is 1. The summed E-state index contributed by atoms with van der Waals surface area (Å²) in [5.74, 6) is 0.791. The van der Waals surface area contributed by atoms with Gasteiger partial charge >= 0.3 is 0 Å². The topological polar surface area (TPSA) is 59.2 Å². The SMILES string of the molecule is CC1CCCN(C(=O)Cc2ccc3cc(N)ccc3n2)C1. The average molecular weight is 283 g/mol. The summed E-state index contributed by atoms with van der Waals surface area (Å²) < 4.78 is 0. The number of pyridine rings is 1. The summed E-state index contributed by atoms with van der Waals surface area (Å²) in [5.41, 5.74) is 8.22. The van der Waals surface area contributed by atoms with Gasteiger partial charge in [0.2, 0.25) is 5.91 Å². The molecular formula is C17H21N3O. The molecule has 1 saturated heterocycles. The molecule has 0 radical (unpaired) electrons. The number of carbonyl (C=O) groups excluding carboxylic acids is 1. The zero-order valence-electron chi connectivity index (χ0n) is 12.4. The summed E-state index contributed by atoms with van der Waals surface area (Å²) in [6.45, 7) is 3.97. The van der Waals surface area contributed by atoms with E-state index in [1.807, 2.05) is 35.2 Å². The quantitative estimate of drug-likeness (QED) is 0.862. The minimum absolute atomic E-state index is 0.184. The van der Waals surface area contributed by atoms with Gasteiger partial charge in [0.1, 0.15) is 0 Å². The lowest BCUT2D eigenvalue weighted by atomic mass is 10.00. The molecule has 1 aliphatic heterocycles. The standard InChI is InChI=1S/C17H21N3O/c1-12-3-2-8-20(11-12)17(21)10-15-6-4-13-9-14(18)5-7-16(13)19-15/h4-7,9,12H,2-3,8,10-11,18H2,1H3. The van der Waals surface area contributed by atoms with Gasteiger partial charge in [-0.2, -0.15) is 0 Å². The van der Waals surface area contributed by atoms with E-state index in [1.54, 1.807) is 0 Å². The Hall–Kier alpha value is -2.10. The highest BCUT2D eigenvalue weighted by molar-refractivity contribution is 5.83. The van der Waals surface area contributed by atoms with Crippen LogP contribution in [0.15, 0.2) is 30.3 Å². The molecule has 1 aromatic carbocycles. The number of nitrogen functional groups attached to an aromatic ring is 1. The van der Waals surface area contributed by atoms with Gasteiger partial charge in [-0.1, -0.05) is 13.0 Å². The fourth-order valence-corrected chi connectivity index (χ4v) is 2.97. The third-order valence-corrected chi connectivity index (χ3v) is 4.11. The first-order chi connectivity index (χ1) is 10.1. The van der Waals surface area contributed by atoms with Crippen LogP contribution in [0.3, 0.4) is 0 Å². The lowest BCUT2D eigenvalue weighted by Crippen LogP contribution is -2.40. The van der Waals surface area contributed by atoms with Gasteiger partial charge < -0.3 is 10.6 Å². The van der Waals surface area contributed by atoms with Crippen molar-refractivity contribution in [3.63, 3.8) is 0 Å². The second-order valence-electron chi connectivity index (χ2n) is 6.02. The van der Waals surface area contributed by atoms with Crippen molar-refractivity contribution in [2.45, 2.75) is 26.2 Å². The molecular weight excluding hydrogens is 262 g/mol. The van der Waals surface area contributed by atoms with E-state index < -0.39 is 0 Å². The first-order valence-corrected chi connectivity index (χ1v) is 7.55. The first kappa shape index (κ1) is 13.9. The number of benzene rings is 1. The van der Waals surface area contributed by atoms with E-state index in [2.05, 4.69) is 11.9 Å². The Morgan fingerprint density at radius 2 is 2.24 bits per heavy atom. The molecule has 1 aromatic heterocycles. The van der Waals surface area contributed by atoms with Crippen molar-refractivity contribution in [3.8, 4) is 0 Å². The minimum Gasteiger partial charge on any atom is -0.399 e. The zero-order valence-corrected chi connectivity index (χ0v) is 12.4. The van der Waals surface area contributed by atoms with Crippen LogP contribution >= 0.6 is 0 Å². The summed E-state index contributed by atoms with van der Waals surface area (Å²) in [7, 11) is 0. The van der Waals surface area contributed by atoms with E-state index >= 15 is 0 Å².